The van der Waals surface area contributed by atoms with E-state index in [1.54, 1.807) is 19.2 Å². The molecule has 100 valence electrons. The van der Waals surface area contributed by atoms with Crippen LogP contribution in [0.1, 0.15) is 11.1 Å². The average Bonchev–Trinajstić information content (AvgIpc) is 2.43. The van der Waals surface area contributed by atoms with Crippen LogP contribution < -0.4 is 10.1 Å². The molecule has 0 saturated heterocycles. The fraction of sp³-hybridized carbons (Fsp3) is 0.200. The Labute approximate surface area is 117 Å². The van der Waals surface area contributed by atoms with Gasteiger partial charge in [-0.1, -0.05) is 29.8 Å². The van der Waals surface area contributed by atoms with E-state index in [4.69, 9.17) is 16.3 Å². The van der Waals surface area contributed by atoms with Gasteiger partial charge < -0.3 is 15.2 Å². The van der Waals surface area contributed by atoms with Crippen molar-refractivity contribution in [3.63, 3.8) is 0 Å². The molecule has 19 heavy (non-hydrogen) atoms. The Morgan fingerprint density at radius 2 is 1.68 bits per heavy atom. The quantitative estimate of drug-likeness (QED) is 0.881. The lowest BCUT2D eigenvalue weighted by Gasteiger charge is -2.07. The van der Waals surface area contributed by atoms with Gasteiger partial charge in [-0.05, 0) is 35.4 Å². The van der Waals surface area contributed by atoms with Crippen molar-refractivity contribution in [1.82, 2.24) is 5.32 Å². The van der Waals surface area contributed by atoms with Gasteiger partial charge in [0, 0.05) is 13.1 Å². The van der Waals surface area contributed by atoms with Crippen LogP contribution in [-0.4, -0.2) is 12.2 Å². The van der Waals surface area contributed by atoms with Gasteiger partial charge in [0.1, 0.15) is 11.5 Å². The summed E-state index contributed by atoms with van der Waals surface area (Å²) in [7, 11) is 1.65. The van der Waals surface area contributed by atoms with Gasteiger partial charge in [-0.2, -0.15) is 0 Å². The Hall–Kier alpha value is -1.71. The summed E-state index contributed by atoms with van der Waals surface area (Å²) < 4.78 is 5.11. The summed E-state index contributed by atoms with van der Waals surface area (Å²) in [5.41, 5.74) is 2.22. The second-order valence-corrected chi connectivity index (χ2v) is 4.64. The van der Waals surface area contributed by atoms with E-state index in [0.717, 1.165) is 17.9 Å². The van der Waals surface area contributed by atoms with Crippen LogP contribution in [0.5, 0.6) is 11.5 Å². The molecule has 0 aliphatic carbocycles. The van der Waals surface area contributed by atoms with Gasteiger partial charge in [0.25, 0.3) is 0 Å². The van der Waals surface area contributed by atoms with E-state index in [1.165, 1.54) is 5.56 Å². The van der Waals surface area contributed by atoms with Gasteiger partial charge >= 0.3 is 0 Å². The highest BCUT2D eigenvalue weighted by molar-refractivity contribution is 6.32. The predicted octanol–water partition coefficient (Wildman–Crippen LogP) is 3.34. The van der Waals surface area contributed by atoms with Gasteiger partial charge in [-0.15, -0.1) is 0 Å². The van der Waals surface area contributed by atoms with Crippen LogP contribution in [0.4, 0.5) is 0 Å². The van der Waals surface area contributed by atoms with Crippen molar-refractivity contribution in [3.8, 4) is 11.5 Å². The fourth-order valence-corrected chi connectivity index (χ4v) is 1.96. The molecule has 4 heteroatoms. The van der Waals surface area contributed by atoms with Crippen molar-refractivity contribution in [2.75, 3.05) is 7.11 Å². The lowest BCUT2D eigenvalue weighted by Crippen LogP contribution is -2.12. The molecule has 3 nitrogen and oxygen atoms in total. The Morgan fingerprint density at radius 1 is 1.05 bits per heavy atom. The minimum absolute atomic E-state index is 0.112. The van der Waals surface area contributed by atoms with Crippen molar-refractivity contribution >= 4 is 11.6 Å². The molecule has 2 aromatic carbocycles. The summed E-state index contributed by atoms with van der Waals surface area (Å²) in [6, 6.07) is 13.1. The number of nitrogens with one attached hydrogen (secondary N) is 1. The molecule has 2 N–H and O–H groups in total. The van der Waals surface area contributed by atoms with Crippen LogP contribution in [0.3, 0.4) is 0 Å². The molecule has 0 bridgehead atoms. The van der Waals surface area contributed by atoms with Gasteiger partial charge in [0.15, 0.2) is 0 Å². The summed E-state index contributed by atoms with van der Waals surface area (Å²) >= 11 is 5.85. The topological polar surface area (TPSA) is 41.5 Å². The van der Waals surface area contributed by atoms with Crippen LogP contribution in [-0.2, 0) is 13.1 Å². The average molecular weight is 278 g/mol. The summed E-state index contributed by atoms with van der Waals surface area (Å²) in [5.74, 6) is 0.967. The number of hydrogen-bond donors (Lipinski definition) is 2. The van der Waals surface area contributed by atoms with E-state index in [-0.39, 0.29) is 5.75 Å². The zero-order chi connectivity index (χ0) is 13.7. The van der Waals surface area contributed by atoms with E-state index >= 15 is 0 Å². The first-order valence-corrected chi connectivity index (χ1v) is 6.38. The number of methoxy groups -OCH3 is 1. The van der Waals surface area contributed by atoms with Crippen molar-refractivity contribution in [3.05, 3.63) is 58.6 Å². The van der Waals surface area contributed by atoms with Crippen molar-refractivity contribution in [1.29, 1.82) is 0 Å². The first-order valence-electron chi connectivity index (χ1n) is 6.00. The lowest BCUT2D eigenvalue weighted by atomic mass is 10.2. The molecule has 0 amide bonds. The number of aromatic hydroxyl groups is 1. The van der Waals surface area contributed by atoms with Gasteiger partial charge in [-0.3, -0.25) is 0 Å². The number of hydrogen-bond acceptors (Lipinski definition) is 3. The zero-order valence-corrected chi connectivity index (χ0v) is 11.4. The molecule has 0 aromatic heterocycles. The number of halogens is 1. The molecule has 0 aliphatic rings. The first kappa shape index (κ1) is 13.7. The van der Waals surface area contributed by atoms with Crippen LogP contribution >= 0.6 is 11.6 Å². The lowest BCUT2D eigenvalue weighted by molar-refractivity contribution is 0.414. The van der Waals surface area contributed by atoms with E-state index in [1.807, 2.05) is 30.3 Å². The second-order valence-electron chi connectivity index (χ2n) is 4.24. The Morgan fingerprint density at radius 3 is 2.32 bits per heavy atom. The molecule has 0 unspecified atom stereocenters. The van der Waals surface area contributed by atoms with Gasteiger partial charge in [-0.25, -0.2) is 0 Å². The molecular weight excluding hydrogens is 262 g/mol. The molecule has 0 aliphatic heterocycles. The molecule has 0 atom stereocenters. The maximum absolute atomic E-state index is 9.33. The molecule has 0 saturated carbocycles. The fourth-order valence-electron chi connectivity index (χ4n) is 1.75. The maximum atomic E-state index is 9.33. The van der Waals surface area contributed by atoms with E-state index in [0.29, 0.717) is 11.6 Å². The van der Waals surface area contributed by atoms with Gasteiger partial charge in [0.2, 0.25) is 0 Å². The summed E-state index contributed by atoms with van der Waals surface area (Å²) in [6.45, 7) is 1.47. The monoisotopic (exact) mass is 277 g/mol. The highest BCUT2D eigenvalue weighted by Crippen LogP contribution is 2.23. The minimum atomic E-state index is 0.112. The van der Waals surface area contributed by atoms with Crippen molar-refractivity contribution < 1.29 is 9.84 Å². The molecule has 2 rings (SSSR count). The van der Waals surface area contributed by atoms with Crippen LogP contribution in [0.15, 0.2) is 42.5 Å². The van der Waals surface area contributed by atoms with Crippen molar-refractivity contribution in [2.24, 2.45) is 0 Å². The molecule has 0 radical (unpaired) electrons. The molecule has 0 fully saturated rings. The third-order valence-corrected chi connectivity index (χ3v) is 3.13. The number of benzene rings is 2. The largest absolute Gasteiger partial charge is 0.506 e. The van der Waals surface area contributed by atoms with Crippen molar-refractivity contribution in [2.45, 2.75) is 13.1 Å². The maximum Gasteiger partial charge on any atom is 0.134 e. The van der Waals surface area contributed by atoms with Gasteiger partial charge in [0.05, 0.1) is 12.1 Å². The van der Waals surface area contributed by atoms with E-state index in [2.05, 4.69) is 5.32 Å². The standard InChI is InChI=1S/C15H16ClNO2/c1-19-13-5-2-11(3-6-13)9-17-10-12-4-7-15(18)14(16)8-12/h2-8,17-18H,9-10H2,1H3. The molecule has 0 spiro atoms. The molecule has 0 heterocycles. The van der Waals surface area contributed by atoms with Crippen LogP contribution in [0.25, 0.3) is 0 Å². The Bertz CT molecular complexity index is 540. The van der Waals surface area contributed by atoms with E-state index in [9.17, 15) is 5.11 Å². The molecular formula is C15H16ClNO2. The highest BCUT2D eigenvalue weighted by Gasteiger charge is 2.00. The third kappa shape index (κ3) is 3.88. The number of rotatable bonds is 5. The molecule has 2 aromatic rings. The van der Waals surface area contributed by atoms with E-state index < -0.39 is 0 Å². The first-order chi connectivity index (χ1) is 9.19. The SMILES string of the molecule is COc1ccc(CNCc2ccc(O)c(Cl)c2)cc1. The van der Waals surface area contributed by atoms with Crippen LogP contribution in [0.2, 0.25) is 5.02 Å². The zero-order valence-electron chi connectivity index (χ0n) is 10.7. The Kier molecular flexibility index (Phi) is 4.66. The predicted molar refractivity (Wildman–Crippen MR) is 76.7 cm³/mol. The van der Waals surface area contributed by atoms with Crippen LogP contribution in [0, 0.1) is 0 Å². The number of phenols is 1. The normalized spacial score (nSPS) is 10.4. The number of ether oxygens (including phenoxy) is 1. The highest BCUT2D eigenvalue weighted by atomic mass is 35.5. The Balaban J connectivity index is 1.86. The minimum Gasteiger partial charge on any atom is -0.506 e. The summed E-state index contributed by atoms with van der Waals surface area (Å²) in [6.07, 6.45) is 0. The summed E-state index contributed by atoms with van der Waals surface area (Å²) in [5, 5.41) is 13.0. The third-order valence-electron chi connectivity index (χ3n) is 2.83. The summed E-state index contributed by atoms with van der Waals surface area (Å²) in [4.78, 5) is 0. The smallest absolute Gasteiger partial charge is 0.134 e. The number of phenolic OH excluding ortho intramolecular Hbond substituents is 1. The second kappa shape index (κ2) is 6.45.